The van der Waals surface area contributed by atoms with Crippen LogP contribution in [0.5, 0.6) is 23.0 Å². The Morgan fingerprint density at radius 3 is 2.36 bits per heavy atom. The number of para-hydroxylation sites is 2. The van der Waals surface area contributed by atoms with Crippen LogP contribution in [-0.4, -0.2) is 17.0 Å². The van der Waals surface area contributed by atoms with Crippen LogP contribution in [-0.2, 0) is 43.1 Å². The van der Waals surface area contributed by atoms with Crippen LogP contribution in [0.25, 0.3) is 0 Å². The first-order valence-electron chi connectivity index (χ1n) is 17.0. The zero-order chi connectivity index (χ0) is 34.2. The van der Waals surface area contributed by atoms with Gasteiger partial charge in [0.1, 0.15) is 29.6 Å². The van der Waals surface area contributed by atoms with Crippen molar-refractivity contribution < 1.29 is 35.3 Å². The minimum atomic E-state index is -0.0390. The predicted molar refractivity (Wildman–Crippen MR) is 194 cm³/mol. The molecule has 0 saturated heterocycles. The standard InChI is InChI=1S/C43H41N3O3.Pt/c1-25-19-26(2)37(24-32(25)41-45-40-31-15-13-28(42(3,4)5)20-27(31)21-38(40)49-41)47-30-14-16-36-34(23-30)46(33-11-9-10-12-35(33)48-36)39-22-29(17-18-44-39)43(6,7)8;/h9-20,22,38,40H,21H2,1-8H3;/q-2;+2/t38-,40+;/m0./s1. The number of hydrogen-bond donors (Lipinski definition) is 0. The topological polar surface area (TPSA) is 56.2 Å². The summed E-state index contributed by atoms with van der Waals surface area (Å²) < 4.78 is 19.4. The zero-order valence-corrected chi connectivity index (χ0v) is 32.0. The largest absolute Gasteiger partial charge is 2.00 e. The van der Waals surface area contributed by atoms with Gasteiger partial charge in [0.25, 0.3) is 0 Å². The number of nitrogens with zero attached hydrogens (tertiary/aromatic N) is 3. The summed E-state index contributed by atoms with van der Waals surface area (Å²) in [6, 6.07) is 31.9. The fourth-order valence-electron chi connectivity index (χ4n) is 6.93. The molecule has 0 unspecified atom stereocenters. The van der Waals surface area contributed by atoms with E-state index in [1.54, 1.807) is 0 Å². The van der Waals surface area contributed by atoms with E-state index in [-0.39, 0.29) is 44.0 Å². The average molecular weight is 843 g/mol. The second kappa shape index (κ2) is 12.4. The third kappa shape index (κ3) is 6.02. The van der Waals surface area contributed by atoms with Crippen LogP contribution in [0.2, 0.25) is 0 Å². The van der Waals surface area contributed by atoms with E-state index in [4.69, 9.17) is 24.2 Å². The maximum absolute atomic E-state index is 6.55. The van der Waals surface area contributed by atoms with Gasteiger partial charge in [0.2, 0.25) is 0 Å². The van der Waals surface area contributed by atoms with Gasteiger partial charge in [-0.1, -0.05) is 103 Å². The second-order valence-corrected chi connectivity index (χ2v) is 15.4. The molecule has 7 heteroatoms. The first kappa shape index (κ1) is 34.1. The summed E-state index contributed by atoms with van der Waals surface area (Å²) in [6.07, 6.45) is 2.71. The molecule has 2 aliphatic heterocycles. The van der Waals surface area contributed by atoms with Crippen molar-refractivity contribution in [2.45, 2.75) is 84.8 Å². The van der Waals surface area contributed by atoms with Crippen LogP contribution in [0, 0.1) is 26.0 Å². The molecule has 8 rings (SSSR count). The van der Waals surface area contributed by atoms with Crippen molar-refractivity contribution in [1.82, 2.24) is 4.98 Å². The quantitative estimate of drug-likeness (QED) is 0.166. The van der Waals surface area contributed by atoms with Crippen LogP contribution in [0.3, 0.4) is 0 Å². The molecule has 6 nitrogen and oxygen atoms in total. The number of ether oxygens (including phenoxy) is 3. The molecule has 5 aromatic rings. The Balaban J connectivity index is 0.00000392. The van der Waals surface area contributed by atoms with Crippen molar-refractivity contribution in [2.75, 3.05) is 4.90 Å². The van der Waals surface area contributed by atoms with Gasteiger partial charge in [-0.05, 0) is 63.0 Å². The van der Waals surface area contributed by atoms with Gasteiger partial charge in [0.15, 0.2) is 0 Å². The Labute approximate surface area is 309 Å². The summed E-state index contributed by atoms with van der Waals surface area (Å²) in [7, 11) is 0. The van der Waals surface area contributed by atoms with E-state index >= 15 is 0 Å². The van der Waals surface area contributed by atoms with E-state index in [9.17, 15) is 0 Å². The van der Waals surface area contributed by atoms with E-state index in [2.05, 4.69) is 102 Å². The van der Waals surface area contributed by atoms with Crippen LogP contribution < -0.4 is 14.4 Å². The van der Waals surface area contributed by atoms with Crippen molar-refractivity contribution >= 4 is 23.1 Å². The van der Waals surface area contributed by atoms with E-state index in [1.165, 1.54) is 22.3 Å². The molecule has 0 radical (unpaired) electrons. The van der Waals surface area contributed by atoms with Crippen molar-refractivity contribution in [2.24, 2.45) is 4.99 Å². The average Bonchev–Trinajstić information content (AvgIpc) is 3.62. The maximum Gasteiger partial charge on any atom is 2.00 e. The summed E-state index contributed by atoms with van der Waals surface area (Å²) in [5.41, 5.74) is 9.63. The Morgan fingerprint density at radius 1 is 0.820 bits per heavy atom. The van der Waals surface area contributed by atoms with Crippen LogP contribution in [0.15, 0.2) is 84.0 Å². The van der Waals surface area contributed by atoms with Crippen molar-refractivity contribution in [3.8, 4) is 23.0 Å². The molecule has 1 aliphatic carbocycles. The molecule has 0 saturated carbocycles. The smallest absolute Gasteiger partial charge is 0.514 e. The maximum atomic E-state index is 6.55. The van der Waals surface area contributed by atoms with Crippen molar-refractivity contribution in [3.05, 3.63) is 130 Å². The molecule has 0 bridgehead atoms. The van der Waals surface area contributed by atoms with Crippen molar-refractivity contribution in [1.29, 1.82) is 0 Å². The third-order valence-corrected chi connectivity index (χ3v) is 9.72. The Morgan fingerprint density at radius 2 is 1.58 bits per heavy atom. The molecule has 2 atom stereocenters. The number of aryl methyl sites for hydroxylation is 2. The van der Waals surface area contributed by atoms with E-state index in [0.29, 0.717) is 23.1 Å². The van der Waals surface area contributed by atoms with E-state index in [1.807, 2.05) is 49.5 Å². The predicted octanol–water partition coefficient (Wildman–Crippen LogP) is 10.7. The summed E-state index contributed by atoms with van der Waals surface area (Å²) in [4.78, 5) is 12.0. The second-order valence-electron chi connectivity index (χ2n) is 15.4. The van der Waals surface area contributed by atoms with Gasteiger partial charge in [-0.3, -0.25) is 4.99 Å². The Hall–Kier alpha value is -4.41. The van der Waals surface area contributed by atoms with Crippen LogP contribution >= 0.6 is 0 Å². The number of anilines is 3. The molecule has 0 amide bonds. The monoisotopic (exact) mass is 842 g/mol. The fraction of sp³-hybridized carbons (Fsp3) is 0.302. The molecule has 50 heavy (non-hydrogen) atoms. The molecular formula is C43H41N3O3Pt. The molecule has 0 fully saturated rings. The molecule has 0 spiro atoms. The SMILES string of the molecule is Cc1cc(C)c(C2=N[C@@H]3c4ccc(C(C)(C)C)cc4C[C@@H]3O2)[c-]c1Oc1[c-]c2c(cc1)Oc1ccccc1N2c1cc(C(C)(C)C)ccn1.[Pt+2]. The summed E-state index contributed by atoms with van der Waals surface area (Å²) in [5, 5.41) is 0. The van der Waals surface area contributed by atoms with Gasteiger partial charge in [0, 0.05) is 29.9 Å². The van der Waals surface area contributed by atoms with E-state index < -0.39 is 0 Å². The summed E-state index contributed by atoms with van der Waals surface area (Å²) in [5.74, 6) is 3.99. The third-order valence-electron chi connectivity index (χ3n) is 9.72. The molecule has 256 valence electrons. The minimum Gasteiger partial charge on any atom is -0.514 e. The first-order valence-corrected chi connectivity index (χ1v) is 17.0. The molecule has 3 aliphatic rings. The number of aliphatic imine (C=N–C) groups is 1. The zero-order valence-electron chi connectivity index (χ0n) is 29.7. The Kier molecular flexibility index (Phi) is 8.46. The molecular weight excluding hydrogens is 802 g/mol. The number of fused-ring (bicyclic) bond motifs is 5. The van der Waals surface area contributed by atoms with Crippen LogP contribution in [0.1, 0.15) is 86.5 Å². The molecule has 3 heterocycles. The normalized spacial score (nSPS) is 17.4. The van der Waals surface area contributed by atoms with Gasteiger partial charge >= 0.3 is 21.1 Å². The number of rotatable bonds is 4. The molecule has 1 aromatic heterocycles. The minimum absolute atomic E-state index is 0. The van der Waals surface area contributed by atoms with Crippen LogP contribution in [0.4, 0.5) is 17.2 Å². The number of hydrogen-bond acceptors (Lipinski definition) is 6. The van der Waals surface area contributed by atoms with Gasteiger partial charge in [0.05, 0.1) is 5.69 Å². The Bertz CT molecular complexity index is 2160. The fourth-order valence-corrected chi connectivity index (χ4v) is 6.93. The molecule has 4 aromatic carbocycles. The number of pyridine rings is 1. The van der Waals surface area contributed by atoms with Gasteiger partial charge in [-0.25, -0.2) is 4.98 Å². The molecule has 0 N–H and O–H groups in total. The van der Waals surface area contributed by atoms with Gasteiger partial charge in [-0.2, -0.15) is 0 Å². The first-order chi connectivity index (χ1) is 23.3. The van der Waals surface area contributed by atoms with Crippen molar-refractivity contribution in [3.63, 3.8) is 0 Å². The number of aromatic nitrogens is 1. The summed E-state index contributed by atoms with van der Waals surface area (Å²) in [6.45, 7) is 17.5. The van der Waals surface area contributed by atoms with Gasteiger partial charge in [-0.15, -0.1) is 29.8 Å². The summed E-state index contributed by atoms with van der Waals surface area (Å²) >= 11 is 0. The number of benzene rings is 4. The van der Waals surface area contributed by atoms with E-state index in [0.717, 1.165) is 46.1 Å². The van der Waals surface area contributed by atoms with Gasteiger partial charge < -0.3 is 19.1 Å².